The summed E-state index contributed by atoms with van der Waals surface area (Å²) >= 11 is 0. The van der Waals surface area contributed by atoms with Crippen LogP contribution < -0.4 is 10.1 Å². The molecule has 0 bridgehead atoms. The van der Waals surface area contributed by atoms with Gasteiger partial charge < -0.3 is 15.2 Å². The summed E-state index contributed by atoms with van der Waals surface area (Å²) in [6.45, 7) is 7.57. The Labute approximate surface area is 142 Å². The van der Waals surface area contributed by atoms with Gasteiger partial charge in [0.15, 0.2) is 0 Å². The summed E-state index contributed by atoms with van der Waals surface area (Å²) < 4.78 is 5.65. The van der Waals surface area contributed by atoms with Crippen molar-refractivity contribution in [2.24, 2.45) is 0 Å². The number of nitrogens with zero attached hydrogens (tertiary/aromatic N) is 1. The monoisotopic (exact) mass is 334 g/mol. The Morgan fingerprint density at radius 2 is 1.92 bits per heavy atom. The first-order valence-electron chi connectivity index (χ1n) is 8.35. The SMILES string of the molecule is CCC1(CC)NC(=O)N(CC(O)COc2cc(C)ccc2C)C1=O. The van der Waals surface area contributed by atoms with Gasteiger partial charge in [-0.25, -0.2) is 4.79 Å². The third-order valence-electron chi connectivity index (χ3n) is 4.62. The van der Waals surface area contributed by atoms with Crippen molar-refractivity contribution >= 4 is 11.9 Å². The minimum atomic E-state index is -0.941. The topological polar surface area (TPSA) is 78.9 Å². The highest BCUT2D eigenvalue weighted by Crippen LogP contribution is 2.25. The highest BCUT2D eigenvalue weighted by atomic mass is 16.5. The maximum Gasteiger partial charge on any atom is 0.325 e. The fourth-order valence-corrected chi connectivity index (χ4v) is 2.88. The number of carbonyl (C=O) groups excluding carboxylic acids is 2. The summed E-state index contributed by atoms with van der Waals surface area (Å²) in [5, 5.41) is 12.9. The van der Waals surface area contributed by atoms with E-state index in [0.717, 1.165) is 16.0 Å². The predicted molar refractivity (Wildman–Crippen MR) is 91.0 cm³/mol. The zero-order chi connectivity index (χ0) is 17.9. The lowest BCUT2D eigenvalue weighted by Gasteiger charge is -2.24. The van der Waals surface area contributed by atoms with Gasteiger partial charge in [0.05, 0.1) is 6.54 Å². The van der Waals surface area contributed by atoms with Crippen LogP contribution in [0.15, 0.2) is 18.2 Å². The highest BCUT2D eigenvalue weighted by molar-refractivity contribution is 6.07. The largest absolute Gasteiger partial charge is 0.491 e. The summed E-state index contributed by atoms with van der Waals surface area (Å²) in [4.78, 5) is 25.7. The van der Waals surface area contributed by atoms with Crippen molar-refractivity contribution in [1.29, 1.82) is 0 Å². The Hall–Kier alpha value is -2.08. The van der Waals surface area contributed by atoms with Crippen LogP contribution in [0.3, 0.4) is 0 Å². The minimum absolute atomic E-state index is 0.0204. The van der Waals surface area contributed by atoms with Crippen molar-refractivity contribution < 1.29 is 19.4 Å². The Balaban J connectivity index is 1.97. The smallest absolute Gasteiger partial charge is 0.325 e. The molecule has 0 aromatic heterocycles. The molecule has 0 aliphatic carbocycles. The van der Waals surface area contributed by atoms with Crippen molar-refractivity contribution in [3.05, 3.63) is 29.3 Å². The number of amides is 3. The molecule has 2 rings (SSSR count). The summed E-state index contributed by atoms with van der Waals surface area (Å²) in [6, 6.07) is 5.39. The molecule has 0 spiro atoms. The van der Waals surface area contributed by atoms with E-state index in [-0.39, 0.29) is 19.1 Å². The Morgan fingerprint density at radius 1 is 1.25 bits per heavy atom. The maximum absolute atomic E-state index is 12.5. The summed E-state index contributed by atoms with van der Waals surface area (Å²) in [5.41, 5.74) is 1.19. The molecule has 0 radical (unpaired) electrons. The van der Waals surface area contributed by atoms with Crippen LogP contribution in [-0.2, 0) is 4.79 Å². The van der Waals surface area contributed by atoms with Crippen molar-refractivity contribution in [2.45, 2.75) is 52.2 Å². The van der Waals surface area contributed by atoms with Crippen LogP contribution in [0.5, 0.6) is 5.75 Å². The molecule has 1 atom stereocenters. The fourth-order valence-electron chi connectivity index (χ4n) is 2.88. The van der Waals surface area contributed by atoms with Crippen molar-refractivity contribution in [1.82, 2.24) is 10.2 Å². The van der Waals surface area contributed by atoms with Crippen molar-refractivity contribution in [2.75, 3.05) is 13.2 Å². The summed E-state index contributed by atoms with van der Waals surface area (Å²) in [6.07, 6.45) is 0.114. The third kappa shape index (κ3) is 3.53. The van der Waals surface area contributed by atoms with Gasteiger partial charge in [-0.15, -0.1) is 0 Å². The molecule has 1 aromatic carbocycles. The normalized spacial score (nSPS) is 17.8. The molecule has 6 heteroatoms. The van der Waals surface area contributed by atoms with Crippen molar-refractivity contribution in [3.63, 3.8) is 0 Å². The molecule has 6 nitrogen and oxygen atoms in total. The zero-order valence-electron chi connectivity index (χ0n) is 14.8. The van der Waals surface area contributed by atoms with E-state index in [1.165, 1.54) is 0 Å². The molecule has 1 aromatic rings. The summed E-state index contributed by atoms with van der Waals surface area (Å²) in [5.74, 6) is 0.422. The first kappa shape index (κ1) is 18.3. The molecule has 0 saturated carbocycles. The number of rotatable bonds is 7. The van der Waals surface area contributed by atoms with Gasteiger partial charge in [-0.05, 0) is 43.9 Å². The fraction of sp³-hybridized carbons (Fsp3) is 0.556. The molecule has 1 saturated heterocycles. The molecule has 1 unspecified atom stereocenters. The standard InChI is InChI=1S/C18H26N2O4/c1-5-18(6-2)16(22)20(17(23)19-18)10-14(21)11-24-15-9-12(3)7-8-13(15)4/h7-9,14,21H,5-6,10-11H2,1-4H3,(H,19,23). The van der Waals surface area contributed by atoms with Crippen LogP contribution in [0.4, 0.5) is 4.79 Å². The van der Waals surface area contributed by atoms with E-state index in [9.17, 15) is 14.7 Å². The number of β-amino-alcohol motifs (C(OH)–C–C–N with tert-alkyl or cyclic N) is 1. The summed E-state index contributed by atoms with van der Waals surface area (Å²) in [7, 11) is 0. The first-order valence-corrected chi connectivity index (χ1v) is 8.35. The molecule has 3 amide bonds. The lowest BCUT2D eigenvalue weighted by atomic mass is 9.93. The van der Waals surface area contributed by atoms with E-state index in [4.69, 9.17) is 4.74 Å². The molecule has 1 heterocycles. The molecule has 1 aliphatic heterocycles. The third-order valence-corrected chi connectivity index (χ3v) is 4.62. The second-order valence-electron chi connectivity index (χ2n) is 6.37. The molecule has 24 heavy (non-hydrogen) atoms. The Kier molecular flexibility index (Phi) is 5.49. The number of ether oxygens (including phenoxy) is 1. The number of nitrogens with one attached hydrogen (secondary N) is 1. The molecule has 1 aliphatic rings. The maximum atomic E-state index is 12.5. The van der Waals surface area contributed by atoms with Gasteiger partial charge in [0.2, 0.25) is 0 Å². The molecular formula is C18H26N2O4. The average Bonchev–Trinajstić information content (AvgIpc) is 2.80. The van der Waals surface area contributed by atoms with Crippen molar-refractivity contribution in [3.8, 4) is 5.75 Å². The lowest BCUT2D eigenvalue weighted by Crippen LogP contribution is -2.46. The van der Waals surface area contributed by atoms with Gasteiger partial charge in [-0.1, -0.05) is 26.0 Å². The number of aliphatic hydroxyl groups excluding tert-OH is 1. The number of carbonyl (C=O) groups is 2. The zero-order valence-corrected chi connectivity index (χ0v) is 14.8. The average molecular weight is 334 g/mol. The van der Waals surface area contributed by atoms with Gasteiger partial charge in [-0.3, -0.25) is 9.69 Å². The Bertz CT molecular complexity index is 625. The van der Waals surface area contributed by atoms with Gasteiger partial charge in [0, 0.05) is 0 Å². The van der Waals surface area contributed by atoms with Gasteiger partial charge in [-0.2, -0.15) is 0 Å². The number of hydrogen-bond donors (Lipinski definition) is 2. The second kappa shape index (κ2) is 7.21. The number of aliphatic hydroxyl groups is 1. The van der Waals surface area contributed by atoms with Gasteiger partial charge >= 0.3 is 6.03 Å². The number of hydrogen-bond acceptors (Lipinski definition) is 4. The van der Waals surface area contributed by atoms with Crippen LogP contribution in [-0.4, -0.2) is 46.7 Å². The first-order chi connectivity index (χ1) is 11.3. The number of imide groups is 1. The minimum Gasteiger partial charge on any atom is -0.491 e. The van der Waals surface area contributed by atoms with Crippen LogP contribution in [0.1, 0.15) is 37.8 Å². The lowest BCUT2D eigenvalue weighted by molar-refractivity contribution is -0.132. The van der Waals surface area contributed by atoms with Gasteiger partial charge in [0.25, 0.3) is 5.91 Å². The number of urea groups is 1. The van der Waals surface area contributed by atoms with E-state index < -0.39 is 17.7 Å². The predicted octanol–water partition coefficient (Wildman–Crippen LogP) is 2.15. The molecule has 1 fully saturated rings. The van der Waals surface area contributed by atoms with E-state index >= 15 is 0 Å². The highest BCUT2D eigenvalue weighted by Gasteiger charge is 2.48. The van der Waals surface area contributed by atoms with E-state index in [0.29, 0.717) is 18.6 Å². The number of benzene rings is 1. The molecule has 2 N–H and O–H groups in total. The molecular weight excluding hydrogens is 308 g/mol. The quantitative estimate of drug-likeness (QED) is 0.749. The van der Waals surface area contributed by atoms with E-state index in [1.807, 2.05) is 45.9 Å². The molecule has 132 valence electrons. The Morgan fingerprint density at radius 3 is 2.50 bits per heavy atom. The van der Waals surface area contributed by atoms with Crippen LogP contribution in [0.25, 0.3) is 0 Å². The van der Waals surface area contributed by atoms with Gasteiger partial charge in [0.1, 0.15) is 24.0 Å². The van der Waals surface area contributed by atoms with Crippen LogP contribution in [0.2, 0.25) is 0 Å². The van der Waals surface area contributed by atoms with Crippen LogP contribution >= 0.6 is 0 Å². The van der Waals surface area contributed by atoms with Crippen LogP contribution in [0, 0.1) is 13.8 Å². The second-order valence-corrected chi connectivity index (χ2v) is 6.37. The van der Waals surface area contributed by atoms with E-state index in [1.54, 1.807) is 0 Å². The number of aryl methyl sites for hydroxylation is 2. The van der Waals surface area contributed by atoms with E-state index in [2.05, 4.69) is 5.32 Å².